The molecule has 118 valence electrons. The third-order valence-electron chi connectivity index (χ3n) is 5.14. The number of likely N-dealkylation sites (tertiary alicyclic amines) is 2. The Hall–Kier alpha value is -0.940. The maximum atomic E-state index is 12.5. The first kappa shape index (κ1) is 15.0. The van der Waals surface area contributed by atoms with Crippen LogP contribution in [-0.4, -0.2) is 59.9 Å². The molecule has 1 aliphatic carbocycles. The molecule has 3 fully saturated rings. The molecule has 2 amide bonds. The monoisotopic (exact) mass is 293 g/mol. The first-order valence-electron chi connectivity index (χ1n) is 8.57. The van der Waals surface area contributed by atoms with Crippen molar-refractivity contribution in [3.8, 4) is 0 Å². The number of rotatable bonds is 5. The van der Waals surface area contributed by atoms with Crippen molar-refractivity contribution in [2.24, 2.45) is 0 Å². The van der Waals surface area contributed by atoms with Crippen LogP contribution in [0.2, 0.25) is 0 Å². The van der Waals surface area contributed by atoms with Gasteiger partial charge in [-0.15, -0.1) is 0 Å². The summed E-state index contributed by atoms with van der Waals surface area (Å²) in [4.78, 5) is 28.6. The quantitative estimate of drug-likeness (QED) is 0.772. The van der Waals surface area contributed by atoms with Crippen molar-refractivity contribution in [2.45, 2.75) is 63.5 Å². The molecule has 21 heavy (non-hydrogen) atoms. The lowest BCUT2D eigenvalue weighted by Gasteiger charge is -2.29. The van der Waals surface area contributed by atoms with E-state index >= 15 is 0 Å². The molecule has 0 spiro atoms. The Morgan fingerprint density at radius 3 is 2.43 bits per heavy atom. The molecule has 2 saturated heterocycles. The molecule has 0 aromatic heterocycles. The summed E-state index contributed by atoms with van der Waals surface area (Å²) in [7, 11) is 0. The molecular weight excluding hydrogens is 266 g/mol. The number of amides is 2. The summed E-state index contributed by atoms with van der Waals surface area (Å²) in [5, 5.41) is 3.30. The van der Waals surface area contributed by atoms with Crippen LogP contribution in [0.25, 0.3) is 0 Å². The van der Waals surface area contributed by atoms with Gasteiger partial charge in [-0.05, 0) is 38.8 Å². The standard InChI is InChI=1S/C16H27N3O2/c20-15-12-14(17-8-11-18-9-4-5-10-18)16(21)19(15)13-6-2-1-3-7-13/h13-14,17H,1-12H2. The Labute approximate surface area is 127 Å². The van der Waals surface area contributed by atoms with Gasteiger partial charge in [0.2, 0.25) is 11.8 Å². The van der Waals surface area contributed by atoms with Gasteiger partial charge >= 0.3 is 0 Å². The predicted molar refractivity (Wildman–Crippen MR) is 80.8 cm³/mol. The molecule has 0 bridgehead atoms. The van der Waals surface area contributed by atoms with Crippen molar-refractivity contribution in [1.82, 2.24) is 15.1 Å². The molecule has 3 rings (SSSR count). The van der Waals surface area contributed by atoms with Gasteiger partial charge in [-0.25, -0.2) is 0 Å². The van der Waals surface area contributed by atoms with Crippen molar-refractivity contribution >= 4 is 11.8 Å². The highest BCUT2D eigenvalue weighted by Crippen LogP contribution is 2.27. The highest BCUT2D eigenvalue weighted by atomic mass is 16.2. The molecule has 1 saturated carbocycles. The molecule has 1 N–H and O–H groups in total. The second-order valence-electron chi connectivity index (χ2n) is 6.65. The summed E-state index contributed by atoms with van der Waals surface area (Å²) in [6, 6.07) is -0.105. The summed E-state index contributed by atoms with van der Waals surface area (Å²) in [6.45, 7) is 4.14. The summed E-state index contributed by atoms with van der Waals surface area (Å²) in [6.07, 6.45) is 8.46. The lowest BCUT2D eigenvalue weighted by atomic mass is 9.94. The minimum atomic E-state index is -0.276. The maximum absolute atomic E-state index is 12.5. The zero-order chi connectivity index (χ0) is 14.7. The van der Waals surface area contributed by atoms with Crippen molar-refractivity contribution < 1.29 is 9.59 Å². The van der Waals surface area contributed by atoms with Crippen LogP contribution >= 0.6 is 0 Å². The van der Waals surface area contributed by atoms with Crippen molar-refractivity contribution in [2.75, 3.05) is 26.2 Å². The Morgan fingerprint density at radius 2 is 1.71 bits per heavy atom. The van der Waals surface area contributed by atoms with Gasteiger partial charge in [0.1, 0.15) is 0 Å². The summed E-state index contributed by atoms with van der Waals surface area (Å²) < 4.78 is 0. The first-order valence-corrected chi connectivity index (χ1v) is 8.57. The molecule has 1 atom stereocenters. The molecule has 5 heteroatoms. The van der Waals surface area contributed by atoms with E-state index in [1.54, 1.807) is 4.90 Å². The van der Waals surface area contributed by atoms with E-state index in [1.165, 1.54) is 32.4 Å². The smallest absolute Gasteiger partial charge is 0.247 e. The third kappa shape index (κ3) is 3.46. The van der Waals surface area contributed by atoms with Gasteiger partial charge in [-0.3, -0.25) is 14.5 Å². The van der Waals surface area contributed by atoms with Crippen molar-refractivity contribution in [3.05, 3.63) is 0 Å². The minimum Gasteiger partial charge on any atom is -0.304 e. The largest absolute Gasteiger partial charge is 0.304 e. The van der Waals surface area contributed by atoms with Gasteiger partial charge in [0, 0.05) is 19.1 Å². The average molecular weight is 293 g/mol. The Balaban J connectivity index is 1.48. The van der Waals surface area contributed by atoms with Gasteiger partial charge in [-0.1, -0.05) is 19.3 Å². The lowest BCUT2D eigenvalue weighted by Crippen LogP contribution is -2.45. The second-order valence-corrected chi connectivity index (χ2v) is 6.65. The normalized spacial score (nSPS) is 28.8. The fraction of sp³-hybridized carbons (Fsp3) is 0.875. The van der Waals surface area contributed by atoms with Crippen LogP contribution in [0.5, 0.6) is 0 Å². The molecule has 2 heterocycles. The molecule has 5 nitrogen and oxygen atoms in total. The minimum absolute atomic E-state index is 0.0216. The molecule has 1 unspecified atom stereocenters. The number of imide groups is 1. The van der Waals surface area contributed by atoms with Crippen LogP contribution in [0.1, 0.15) is 51.4 Å². The van der Waals surface area contributed by atoms with Gasteiger partial charge in [-0.2, -0.15) is 0 Å². The van der Waals surface area contributed by atoms with Gasteiger partial charge < -0.3 is 10.2 Å². The molecule has 0 radical (unpaired) electrons. The number of nitrogens with one attached hydrogen (secondary N) is 1. The molecule has 0 aromatic rings. The molecule has 2 aliphatic heterocycles. The predicted octanol–water partition coefficient (Wildman–Crippen LogP) is 1.13. The summed E-state index contributed by atoms with van der Waals surface area (Å²) >= 11 is 0. The van der Waals surface area contributed by atoms with Crippen LogP contribution in [-0.2, 0) is 9.59 Å². The number of hydrogen-bond acceptors (Lipinski definition) is 4. The van der Waals surface area contributed by atoms with Crippen LogP contribution in [0.3, 0.4) is 0 Å². The SMILES string of the molecule is O=C1CC(NCCN2CCCC2)C(=O)N1C1CCCCC1. The highest BCUT2D eigenvalue weighted by molar-refractivity contribution is 6.05. The van der Waals surface area contributed by atoms with E-state index in [2.05, 4.69) is 10.2 Å². The second kappa shape index (κ2) is 6.88. The number of carbonyl (C=O) groups excluding carboxylic acids is 2. The van der Waals surface area contributed by atoms with Crippen LogP contribution in [0, 0.1) is 0 Å². The Kier molecular flexibility index (Phi) is 4.91. The first-order chi connectivity index (χ1) is 10.3. The zero-order valence-corrected chi connectivity index (χ0v) is 12.9. The maximum Gasteiger partial charge on any atom is 0.247 e. The highest BCUT2D eigenvalue weighted by Gasteiger charge is 2.42. The van der Waals surface area contributed by atoms with E-state index in [9.17, 15) is 9.59 Å². The Morgan fingerprint density at radius 1 is 1.00 bits per heavy atom. The Bertz CT molecular complexity index is 387. The third-order valence-corrected chi connectivity index (χ3v) is 5.14. The lowest BCUT2D eigenvalue weighted by molar-refractivity contribution is -0.142. The van der Waals surface area contributed by atoms with E-state index in [0.717, 1.165) is 38.8 Å². The molecular formula is C16H27N3O2. The van der Waals surface area contributed by atoms with E-state index in [0.29, 0.717) is 6.42 Å². The molecule has 0 aromatic carbocycles. The molecule has 3 aliphatic rings. The fourth-order valence-corrected chi connectivity index (χ4v) is 3.94. The van der Waals surface area contributed by atoms with Crippen molar-refractivity contribution in [3.63, 3.8) is 0 Å². The van der Waals surface area contributed by atoms with Crippen molar-refractivity contribution in [1.29, 1.82) is 0 Å². The fourth-order valence-electron chi connectivity index (χ4n) is 3.94. The zero-order valence-electron chi connectivity index (χ0n) is 12.9. The van der Waals surface area contributed by atoms with E-state index < -0.39 is 0 Å². The average Bonchev–Trinajstić information content (AvgIpc) is 3.09. The van der Waals surface area contributed by atoms with Crippen LogP contribution in [0.15, 0.2) is 0 Å². The van der Waals surface area contributed by atoms with Gasteiger partial charge in [0.25, 0.3) is 0 Å². The summed E-state index contributed by atoms with van der Waals surface area (Å²) in [5.41, 5.74) is 0. The topological polar surface area (TPSA) is 52.7 Å². The number of hydrogen-bond donors (Lipinski definition) is 1. The van der Waals surface area contributed by atoms with Gasteiger partial charge in [0.05, 0.1) is 12.5 Å². The van der Waals surface area contributed by atoms with E-state index in [-0.39, 0.29) is 23.9 Å². The number of carbonyl (C=O) groups is 2. The van der Waals surface area contributed by atoms with Gasteiger partial charge in [0.15, 0.2) is 0 Å². The van der Waals surface area contributed by atoms with Crippen LogP contribution in [0.4, 0.5) is 0 Å². The summed E-state index contributed by atoms with van der Waals surface area (Å²) in [5.74, 6) is 0.0545. The van der Waals surface area contributed by atoms with E-state index in [1.807, 2.05) is 0 Å². The number of nitrogens with zero attached hydrogens (tertiary/aromatic N) is 2. The van der Waals surface area contributed by atoms with Crippen LogP contribution < -0.4 is 5.32 Å². The van der Waals surface area contributed by atoms with E-state index in [4.69, 9.17) is 0 Å².